The third-order valence-corrected chi connectivity index (χ3v) is 5.14. The lowest BCUT2D eigenvalue weighted by molar-refractivity contribution is -0.151. The summed E-state index contributed by atoms with van der Waals surface area (Å²) >= 11 is 0. The first-order chi connectivity index (χ1) is 13.3. The molecule has 0 aliphatic carbocycles. The van der Waals surface area contributed by atoms with E-state index in [1.807, 2.05) is 18.2 Å². The van der Waals surface area contributed by atoms with Gasteiger partial charge in [-0.25, -0.2) is 0 Å². The van der Waals surface area contributed by atoms with Crippen molar-refractivity contribution in [2.75, 3.05) is 19.7 Å². The molecule has 0 atom stereocenters. The minimum absolute atomic E-state index is 0.0256. The van der Waals surface area contributed by atoms with Crippen LogP contribution in [0.1, 0.15) is 33.1 Å². The van der Waals surface area contributed by atoms with E-state index in [4.69, 9.17) is 4.74 Å². The molecule has 8 heteroatoms. The van der Waals surface area contributed by atoms with Gasteiger partial charge in [-0.1, -0.05) is 0 Å². The molecule has 8 nitrogen and oxygen atoms in total. The molecule has 1 aliphatic rings. The first kappa shape index (κ1) is 19.9. The van der Waals surface area contributed by atoms with E-state index in [2.05, 4.69) is 15.2 Å². The number of rotatable bonds is 7. The normalized spacial score (nSPS) is 15.4. The van der Waals surface area contributed by atoms with Crippen molar-refractivity contribution >= 4 is 11.9 Å². The second-order valence-corrected chi connectivity index (χ2v) is 7.85. The summed E-state index contributed by atoms with van der Waals surface area (Å²) in [7, 11) is 0. The Hall–Kier alpha value is -2.90. The van der Waals surface area contributed by atoms with E-state index in [0.29, 0.717) is 31.4 Å². The number of hydrogen-bond donors (Lipinski definition) is 2. The Morgan fingerprint density at radius 2 is 2.04 bits per heavy atom. The summed E-state index contributed by atoms with van der Waals surface area (Å²) in [6.07, 6.45) is 5.10. The number of carboxylic acid groups (broad SMARTS) is 1. The van der Waals surface area contributed by atoms with Gasteiger partial charge in [-0.2, -0.15) is 5.10 Å². The van der Waals surface area contributed by atoms with Gasteiger partial charge < -0.3 is 14.7 Å². The van der Waals surface area contributed by atoms with E-state index < -0.39 is 11.4 Å². The number of carbonyl (C=O) groups is 2. The third kappa shape index (κ3) is 4.88. The maximum Gasteiger partial charge on any atom is 0.309 e. The SMILES string of the molecule is CC(C)(CC(=O)N1CCC(COc2ccc(-c3ccn[nH]3)nc2)CC1)C(=O)O. The van der Waals surface area contributed by atoms with Crippen molar-refractivity contribution in [3.63, 3.8) is 0 Å². The number of pyridine rings is 1. The number of ether oxygens (including phenoxy) is 1. The molecule has 3 heterocycles. The maximum absolute atomic E-state index is 12.3. The lowest BCUT2D eigenvalue weighted by Crippen LogP contribution is -2.42. The van der Waals surface area contributed by atoms with Crippen molar-refractivity contribution in [1.82, 2.24) is 20.1 Å². The zero-order valence-electron chi connectivity index (χ0n) is 16.2. The molecule has 2 aromatic heterocycles. The van der Waals surface area contributed by atoms with Crippen LogP contribution in [0.5, 0.6) is 5.75 Å². The van der Waals surface area contributed by atoms with Gasteiger partial charge in [0.05, 0.1) is 29.6 Å². The topological polar surface area (TPSA) is 108 Å². The Kier molecular flexibility index (Phi) is 5.96. The summed E-state index contributed by atoms with van der Waals surface area (Å²) in [4.78, 5) is 29.7. The molecule has 0 unspecified atom stereocenters. The van der Waals surface area contributed by atoms with Gasteiger partial charge in [-0.05, 0) is 50.8 Å². The van der Waals surface area contributed by atoms with Crippen LogP contribution in [0, 0.1) is 11.3 Å². The van der Waals surface area contributed by atoms with Crippen LogP contribution >= 0.6 is 0 Å². The van der Waals surface area contributed by atoms with Crippen molar-refractivity contribution in [1.29, 1.82) is 0 Å². The zero-order valence-corrected chi connectivity index (χ0v) is 16.2. The molecule has 1 aliphatic heterocycles. The first-order valence-corrected chi connectivity index (χ1v) is 9.45. The summed E-state index contributed by atoms with van der Waals surface area (Å²) in [5.41, 5.74) is 0.627. The molecule has 3 rings (SSSR count). The Morgan fingerprint density at radius 1 is 1.29 bits per heavy atom. The Morgan fingerprint density at radius 3 is 2.61 bits per heavy atom. The van der Waals surface area contributed by atoms with Crippen molar-refractivity contribution in [2.45, 2.75) is 33.1 Å². The molecular formula is C20H26N4O4. The largest absolute Gasteiger partial charge is 0.492 e. The van der Waals surface area contributed by atoms with Crippen LogP contribution in [0.15, 0.2) is 30.6 Å². The third-order valence-electron chi connectivity index (χ3n) is 5.14. The number of aliphatic carboxylic acids is 1. The van der Waals surface area contributed by atoms with Gasteiger partial charge in [0.2, 0.25) is 5.91 Å². The fourth-order valence-electron chi connectivity index (χ4n) is 3.15. The monoisotopic (exact) mass is 386 g/mol. The van der Waals surface area contributed by atoms with Crippen molar-refractivity contribution in [3.8, 4) is 17.1 Å². The Bertz CT molecular complexity index is 794. The summed E-state index contributed by atoms with van der Waals surface area (Å²) in [5, 5.41) is 16.0. The van der Waals surface area contributed by atoms with Gasteiger partial charge in [0.1, 0.15) is 5.75 Å². The van der Waals surface area contributed by atoms with Gasteiger partial charge in [0, 0.05) is 25.7 Å². The summed E-state index contributed by atoms with van der Waals surface area (Å²) in [5.74, 6) is 0.0375. The number of nitrogens with one attached hydrogen (secondary N) is 1. The lowest BCUT2D eigenvalue weighted by Gasteiger charge is -2.33. The number of aromatic amines is 1. The standard InChI is InChI=1S/C20H26N4O4/c1-20(2,19(26)27)11-18(25)24-9-6-14(7-10-24)13-28-15-3-4-16(21-12-15)17-5-8-22-23-17/h3-5,8,12,14H,6-7,9-11,13H2,1-2H3,(H,22,23)(H,26,27). The van der Waals surface area contributed by atoms with Crippen LogP contribution in [-0.2, 0) is 9.59 Å². The number of carbonyl (C=O) groups excluding carboxylic acids is 1. The number of H-pyrrole nitrogens is 1. The number of aromatic nitrogens is 3. The molecule has 1 saturated heterocycles. The van der Waals surface area contributed by atoms with Gasteiger partial charge in [0.15, 0.2) is 0 Å². The maximum atomic E-state index is 12.3. The molecule has 150 valence electrons. The molecule has 0 saturated carbocycles. The first-order valence-electron chi connectivity index (χ1n) is 9.45. The molecule has 2 N–H and O–H groups in total. The molecule has 0 radical (unpaired) electrons. The zero-order chi connectivity index (χ0) is 20.1. The Balaban J connectivity index is 1.43. The number of amides is 1. The van der Waals surface area contributed by atoms with E-state index in [0.717, 1.165) is 24.2 Å². The summed E-state index contributed by atoms with van der Waals surface area (Å²) in [6, 6.07) is 5.62. The van der Waals surface area contributed by atoms with Crippen LogP contribution in [0.3, 0.4) is 0 Å². The fraction of sp³-hybridized carbons (Fsp3) is 0.500. The van der Waals surface area contributed by atoms with E-state index in [1.54, 1.807) is 31.1 Å². The van der Waals surface area contributed by atoms with Crippen LogP contribution in [-0.4, -0.2) is 56.8 Å². The number of likely N-dealkylation sites (tertiary alicyclic amines) is 1. The average molecular weight is 386 g/mol. The minimum Gasteiger partial charge on any atom is -0.492 e. The number of piperidine rings is 1. The minimum atomic E-state index is -1.04. The number of hydrogen-bond acceptors (Lipinski definition) is 5. The number of carboxylic acids is 1. The fourth-order valence-corrected chi connectivity index (χ4v) is 3.15. The highest BCUT2D eigenvalue weighted by molar-refractivity contribution is 5.84. The summed E-state index contributed by atoms with van der Waals surface area (Å²) in [6.45, 7) is 5.02. The van der Waals surface area contributed by atoms with Crippen LogP contribution < -0.4 is 4.74 Å². The van der Waals surface area contributed by atoms with E-state index in [1.165, 1.54) is 0 Å². The molecule has 0 spiro atoms. The van der Waals surface area contributed by atoms with Gasteiger partial charge >= 0.3 is 5.97 Å². The molecule has 0 bridgehead atoms. The second kappa shape index (κ2) is 8.41. The van der Waals surface area contributed by atoms with Crippen LogP contribution in [0.4, 0.5) is 0 Å². The molecule has 2 aromatic rings. The van der Waals surface area contributed by atoms with Crippen molar-refractivity contribution in [2.24, 2.45) is 11.3 Å². The summed E-state index contributed by atoms with van der Waals surface area (Å²) < 4.78 is 5.86. The van der Waals surface area contributed by atoms with Crippen LogP contribution in [0.25, 0.3) is 11.4 Å². The highest BCUT2D eigenvalue weighted by Gasteiger charge is 2.33. The van der Waals surface area contributed by atoms with E-state index >= 15 is 0 Å². The smallest absolute Gasteiger partial charge is 0.309 e. The molecule has 1 fully saturated rings. The van der Waals surface area contributed by atoms with Crippen molar-refractivity contribution in [3.05, 3.63) is 30.6 Å². The number of nitrogens with zero attached hydrogens (tertiary/aromatic N) is 3. The average Bonchev–Trinajstić information content (AvgIpc) is 3.21. The van der Waals surface area contributed by atoms with Crippen molar-refractivity contribution < 1.29 is 19.4 Å². The van der Waals surface area contributed by atoms with Crippen LogP contribution in [0.2, 0.25) is 0 Å². The van der Waals surface area contributed by atoms with Gasteiger partial charge in [-0.3, -0.25) is 19.7 Å². The van der Waals surface area contributed by atoms with Gasteiger partial charge in [0.25, 0.3) is 0 Å². The molecule has 1 amide bonds. The highest BCUT2D eigenvalue weighted by Crippen LogP contribution is 2.25. The quantitative estimate of drug-likeness (QED) is 0.757. The molecule has 28 heavy (non-hydrogen) atoms. The van der Waals surface area contributed by atoms with Gasteiger partial charge in [-0.15, -0.1) is 0 Å². The van der Waals surface area contributed by atoms with E-state index in [-0.39, 0.29) is 12.3 Å². The van der Waals surface area contributed by atoms with E-state index in [9.17, 15) is 14.7 Å². The second-order valence-electron chi connectivity index (χ2n) is 7.85. The lowest BCUT2D eigenvalue weighted by atomic mass is 9.88. The Labute approximate surface area is 163 Å². The molecular weight excluding hydrogens is 360 g/mol. The predicted molar refractivity (Wildman–Crippen MR) is 103 cm³/mol. The highest BCUT2D eigenvalue weighted by atomic mass is 16.5. The predicted octanol–water partition coefficient (Wildman–Crippen LogP) is 2.59. The molecule has 0 aromatic carbocycles.